The van der Waals surface area contributed by atoms with Gasteiger partial charge in [0.1, 0.15) is 12.6 Å². The molecule has 6 heteroatoms. The van der Waals surface area contributed by atoms with Gasteiger partial charge in [0.05, 0.1) is 19.8 Å². The maximum absolute atomic E-state index is 12.2. The van der Waals surface area contributed by atoms with Crippen molar-refractivity contribution in [2.45, 2.75) is 32.1 Å². The molecule has 1 heterocycles. The van der Waals surface area contributed by atoms with E-state index in [-0.39, 0.29) is 19.1 Å². The summed E-state index contributed by atoms with van der Waals surface area (Å²) in [5, 5.41) is 10.1. The van der Waals surface area contributed by atoms with Crippen LogP contribution in [0, 0.1) is 5.92 Å². The Morgan fingerprint density at radius 1 is 1.32 bits per heavy atom. The van der Waals surface area contributed by atoms with E-state index in [1.54, 1.807) is 0 Å². The van der Waals surface area contributed by atoms with Gasteiger partial charge in [-0.15, -0.1) is 0 Å². The Morgan fingerprint density at radius 3 is 2.59 bits per heavy atom. The third kappa shape index (κ3) is 3.39. The SMILES string of the molecule is CC[C@H]1[C@H](O)CN(C(=O)OCc2ccccc2)[C@@H]1C(=O)OC. The first-order valence-electron chi connectivity index (χ1n) is 7.31. The third-order valence-electron chi connectivity index (χ3n) is 3.97. The van der Waals surface area contributed by atoms with E-state index < -0.39 is 24.2 Å². The molecule has 1 fully saturated rings. The van der Waals surface area contributed by atoms with Crippen LogP contribution in [-0.4, -0.2) is 47.9 Å². The molecule has 1 aromatic carbocycles. The first kappa shape index (κ1) is 16.3. The van der Waals surface area contributed by atoms with Crippen molar-refractivity contribution in [2.75, 3.05) is 13.7 Å². The van der Waals surface area contributed by atoms with Crippen LogP contribution in [-0.2, 0) is 20.9 Å². The Bertz CT molecular complexity index is 519. The number of ether oxygens (including phenoxy) is 2. The van der Waals surface area contributed by atoms with Gasteiger partial charge in [-0.05, 0) is 12.0 Å². The van der Waals surface area contributed by atoms with E-state index in [9.17, 15) is 14.7 Å². The predicted molar refractivity (Wildman–Crippen MR) is 78.9 cm³/mol. The van der Waals surface area contributed by atoms with Crippen molar-refractivity contribution in [1.82, 2.24) is 4.90 Å². The van der Waals surface area contributed by atoms with Crippen LogP contribution in [0.15, 0.2) is 30.3 Å². The lowest BCUT2D eigenvalue weighted by Gasteiger charge is -2.24. The molecule has 0 radical (unpaired) electrons. The van der Waals surface area contributed by atoms with Gasteiger partial charge in [0, 0.05) is 5.92 Å². The first-order valence-corrected chi connectivity index (χ1v) is 7.31. The number of methoxy groups -OCH3 is 1. The van der Waals surface area contributed by atoms with Gasteiger partial charge in [-0.2, -0.15) is 0 Å². The molecule has 0 unspecified atom stereocenters. The van der Waals surface area contributed by atoms with E-state index in [0.717, 1.165) is 5.56 Å². The number of likely N-dealkylation sites (tertiary alicyclic amines) is 1. The van der Waals surface area contributed by atoms with Gasteiger partial charge in [-0.3, -0.25) is 4.90 Å². The number of carbonyl (C=O) groups excluding carboxylic acids is 2. The molecule has 0 saturated carbocycles. The van der Waals surface area contributed by atoms with E-state index in [1.807, 2.05) is 37.3 Å². The normalized spacial score (nSPS) is 24.1. The number of aliphatic hydroxyl groups excluding tert-OH is 1. The van der Waals surface area contributed by atoms with Gasteiger partial charge in [-0.1, -0.05) is 37.3 Å². The minimum absolute atomic E-state index is 0.0753. The van der Waals surface area contributed by atoms with E-state index in [1.165, 1.54) is 12.0 Å². The molecule has 1 N–H and O–H groups in total. The topological polar surface area (TPSA) is 76.1 Å². The number of benzene rings is 1. The zero-order valence-corrected chi connectivity index (χ0v) is 12.8. The second-order valence-corrected chi connectivity index (χ2v) is 5.30. The first-order chi connectivity index (χ1) is 10.6. The molecule has 0 aliphatic carbocycles. The zero-order valence-electron chi connectivity index (χ0n) is 12.8. The molecular formula is C16H21NO5. The molecule has 1 saturated heterocycles. The van der Waals surface area contributed by atoms with Crippen LogP contribution in [0.3, 0.4) is 0 Å². The highest BCUT2D eigenvalue weighted by atomic mass is 16.6. The van der Waals surface area contributed by atoms with E-state index in [2.05, 4.69) is 0 Å². The third-order valence-corrected chi connectivity index (χ3v) is 3.97. The number of esters is 1. The Balaban J connectivity index is 2.05. The van der Waals surface area contributed by atoms with Crippen LogP contribution in [0.2, 0.25) is 0 Å². The molecule has 1 amide bonds. The van der Waals surface area contributed by atoms with Gasteiger partial charge >= 0.3 is 12.1 Å². The summed E-state index contributed by atoms with van der Waals surface area (Å²) in [5.74, 6) is -0.864. The van der Waals surface area contributed by atoms with Crippen LogP contribution in [0.5, 0.6) is 0 Å². The molecule has 1 aliphatic heterocycles. The molecule has 0 bridgehead atoms. The van der Waals surface area contributed by atoms with Crippen molar-refractivity contribution >= 4 is 12.1 Å². The Hall–Kier alpha value is -2.08. The number of hydrogen-bond donors (Lipinski definition) is 1. The fourth-order valence-corrected chi connectivity index (χ4v) is 2.80. The number of hydrogen-bond acceptors (Lipinski definition) is 5. The Kier molecular flexibility index (Phi) is 5.38. The average Bonchev–Trinajstić information content (AvgIpc) is 2.89. The van der Waals surface area contributed by atoms with Crippen LogP contribution in [0.4, 0.5) is 4.79 Å². The molecule has 1 aliphatic rings. The number of β-amino-alcohol motifs (C(OH)–C–C–N with tert-alkyl or cyclic N) is 1. The summed E-state index contributed by atoms with van der Waals surface area (Å²) in [6.07, 6.45) is -0.795. The molecule has 120 valence electrons. The predicted octanol–water partition coefficient (Wildman–Crippen LogP) is 1.57. The summed E-state index contributed by atoms with van der Waals surface area (Å²) in [6, 6.07) is 8.48. The van der Waals surface area contributed by atoms with Gasteiger partial charge in [0.2, 0.25) is 0 Å². The summed E-state index contributed by atoms with van der Waals surface area (Å²) in [6.45, 7) is 2.06. The highest BCUT2D eigenvalue weighted by Gasteiger charge is 2.47. The second-order valence-electron chi connectivity index (χ2n) is 5.30. The van der Waals surface area contributed by atoms with Gasteiger partial charge in [0.25, 0.3) is 0 Å². The van der Waals surface area contributed by atoms with E-state index in [4.69, 9.17) is 9.47 Å². The van der Waals surface area contributed by atoms with E-state index >= 15 is 0 Å². The lowest BCUT2D eigenvalue weighted by atomic mass is 9.95. The highest BCUT2D eigenvalue weighted by Crippen LogP contribution is 2.29. The largest absolute Gasteiger partial charge is 0.467 e. The smallest absolute Gasteiger partial charge is 0.410 e. The quantitative estimate of drug-likeness (QED) is 0.855. The number of amides is 1. The van der Waals surface area contributed by atoms with Gasteiger partial charge in [-0.25, -0.2) is 9.59 Å². The molecule has 0 aromatic heterocycles. The van der Waals surface area contributed by atoms with Crippen molar-refractivity contribution in [3.8, 4) is 0 Å². The lowest BCUT2D eigenvalue weighted by molar-refractivity contribution is -0.147. The summed E-state index contributed by atoms with van der Waals surface area (Å²) in [7, 11) is 1.27. The monoisotopic (exact) mass is 307 g/mol. The fourth-order valence-electron chi connectivity index (χ4n) is 2.80. The number of aliphatic hydroxyl groups is 1. The summed E-state index contributed by atoms with van der Waals surface area (Å²) < 4.78 is 10.0. The second kappa shape index (κ2) is 7.26. The van der Waals surface area contributed by atoms with Crippen LogP contribution < -0.4 is 0 Å². The number of rotatable bonds is 4. The fraction of sp³-hybridized carbons (Fsp3) is 0.500. The number of nitrogens with zero attached hydrogens (tertiary/aromatic N) is 1. The van der Waals surface area contributed by atoms with Crippen molar-refractivity contribution in [3.63, 3.8) is 0 Å². The Labute approximate surface area is 129 Å². The number of carbonyl (C=O) groups is 2. The summed E-state index contributed by atoms with van der Waals surface area (Å²) in [4.78, 5) is 25.4. The maximum Gasteiger partial charge on any atom is 0.410 e. The van der Waals surface area contributed by atoms with Crippen LogP contribution in [0.1, 0.15) is 18.9 Å². The molecule has 2 rings (SSSR count). The minimum Gasteiger partial charge on any atom is -0.467 e. The average molecular weight is 307 g/mol. The van der Waals surface area contributed by atoms with Crippen LogP contribution >= 0.6 is 0 Å². The molecule has 0 spiro atoms. The molecule has 22 heavy (non-hydrogen) atoms. The van der Waals surface area contributed by atoms with Crippen molar-refractivity contribution < 1.29 is 24.2 Å². The molecule has 3 atom stereocenters. The maximum atomic E-state index is 12.2. The minimum atomic E-state index is -0.798. The molecular weight excluding hydrogens is 286 g/mol. The highest BCUT2D eigenvalue weighted by molar-refractivity contribution is 5.82. The lowest BCUT2D eigenvalue weighted by Crippen LogP contribution is -2.44. The van der Waals surface area contributed by atoms with Crippen molar-refractivity contribution in [3.05, 3.63) is 35.9 Å². The summed E-state index contributed by atoms with van der Waals surface area (Å²) >= 11 is 0. The van der Waals surface area contributed by atoms with Gasteiger partial charge < -0.3 is 14.6 Å². The van der Waals surface area contributed by atoms with Crippen LogP contribution in [0.25, 0.3) is 0 Å². The summed E-state index contributed by atoms with van der Waals surface area (Å²) in [5.41, 5.74) is 0.859. The van der Waals surface area contributed by atoms with E-state index in [0.29, 0.717) is 6.42 Å². The standard InChI is InChI=1S/C16H21NO5/c1-3-12-13(18)9-17(14(12)15(19)21-2)16(20)22-10-11-7-5-4-6-8-11/h4-8,12-14,18H,3,9-10H2,1-2H3/t12-,13+,14-/m0/s1. The Morgan fingerprint density at radius 2 is 2.00 bits per heavy atom. The van der Waals surface area contributed by atoms with Crippen molar-refractivity contribution in [2.24, 2.45) is 5.92 Å². The van der Waals surface area contributed by atoms with Gasteiger partial charge in [0.15, 0.2) is 0 Å². The molecule has 6 nitrogen and oxygen atoms in total. The zero-order chi connectivity index (χ0) is 16.1. The van der Waals surface area contributed by atoms with Crippen molar-refractivity contribution in [1.29, 1.82) is 0 Å². The molecule has 1 aromatic rings.